The van der Waals surface area contributed by atoms with Crippen LogP contribution in [0.4, 0.5) is 5.82 Å². The Labute approximate surface area is 124 Å². The summed E-state index contributed by atoms with van der Waals surface area (Å²) in [7, 11) is 0. The molecule has 0 saturated heterocycles. The number of hydrogen-bond donors (Lipinski definition) is 1. The molecule has 0 aliphatic carbocycles. The van der Waals surface area contributed by atoms with Gasteiger partial charge in [0.1, 0.15) is 5.75 Å². The molecule has 0 saturated carbocycles. The second-order valence-corrected chi connectivity index (χ2v) is 4.89. The zero-order valence-electron chi connectivity index (χ0n) is 11.7. The number of ether oxygens (including phenoxy) is 1. The van der Waals surface area contributed by atoms with Crippen molar-refractivity contribution in [3.05, 3.63) is 46.6 Å². The van der Waals surface area contributed by atoms with E-state index in [0.29, 0.717) is 11.8 Å². The van der Waals surface area contributed by atoms with Crippen molar-refractivity contribution in [3.63, 3.8) is 0 Å². The molecular formula is C15H18ClN3O. The van der Waals surface area contributed by atoms with Crippen LogP contribution in [0, 0.1) is 13.8 Å². The Kier molecular flexibility index (Phi) is 5.18. The number of aromatic nitrogens is 2. The van der Waals surface area contributed by atoms with Crippen LogP contribution in [0.2, 0.25) is 5.15 Å². The summed E-state index contributed by atoms with van der Waals surface area (Å²) in [4.78, 5) is 0. The molecule has 0 bridgehead atoms. The van der Waals surface area contributed by atoms with Gasteiger partial charge in [-0.1, -0.05) is 29.8 Å². The number of halogens is 1. The van der Waals surface area contributed by atoms with Crippen LogP contribution in [0.5, 0.6) is 5.75 Å². The van der Waals surface area contributed by atoms with E-state index in [4.69, 9.17) is 16.3 Å². The smallest absolute Gasteiger partial charge is 0.155 e. The van der Waals surface area contributed by atoms with Crippen molar-refractivity contribution in [2.24, 2.45) is 0 Å². The number of anilines is 1. The number of rotatable bonds is 6. The van der Waals surface area contributed by atoms with E-state index < -0.39 is 0 Å². The molecule has 0 atom stereocenters. The molecule has 0 aliphatic rings. The van der Waals surface area contributed by atoms with Gasteiger partial charge in [-0.3, -0.25) is 0 Å². The van der Waals surface area contributed by atoms with Gasteiger partial charge < -0.3 is 10.1 Å². The van der Waals surface area contributed by atoms with Crippen molar-refractivity contribution in [2.75, 3.05) is 18.5 Å². The molecule has 5 heteroatoms. The van der Waals surface area contributed by atoms with Crippen LogP contribution in [-0.2, 0) is 0 Å². The molecule has 2 rings (SSSR count). The van der Waals surface area contributed by atoms with Crippen molar-refractivity contribution in [1.29, 1.82) is 0 Å². The Morgan fingerprint density at radius 2 is 1.85 bits per heavy atom. The highest BCUT2D eigenvalue weighted by molar-refractivity contribution is 6.30. The number of para-hydroxylation sites is 1. The lowest BCUT2D eigenvalue weighted by atomic mass is 10.2. The quantitative estimate of drug-likeness (QED) is 0.826. The lowest BCUT2D eigenvalue weighted by Crippen LogP contribution is -2.10. The third-order valence-electron chi connectivity index (χ3n) is 3.09. The van der Waals surface area contributed by atoms with Crippen LogP contribution in [0.1, 0.15) is 17.5 Å². The van der Waals surface area contributed by atoms with Crippen LogP contribution in [-0.4, -0.2) is 23.3 Å². The summed E-state index contributed by atoms with van der Waals surface area (Å²) in [5.74, 6) is 1.68. The highest BCUT2D eigenvalue weighted by Crippen LogP contribution is 2.20. The van der Waals surface area contributed by atoms with E-state index in [-0.39, 0.29) is 0 Å². The van der Waals surface area contributed by atoms with Gasteiger partial charge >= 0.3 is 0 Å². The van der Waals surface area contributed by atoms with E-state index in [0.717, 1.165) is 35.7 Å². The number of benzene rings is 1. The molecule has 2 aromatic rings. The van der Waals surface area contributed by atoms with E-state index in [1.807, 2.05) is 44.2 Å². The second kappa shape index (κ2) is 7.10. The van der Waals surface area contributed by atoms with Crippen molar-refractivity contribution in [3.8, 4) is 5.75 Å². The average molecular weight is 292 g/mol. The first kappa shape index (κ1) is 14.6. The molecule has 1 N–H and O–H groups in total. The fourth-order valence-corrected chi connectivity index (χ4v) is 1.91. The standard InChI is InChI=1S/C15H18ClN3O/c1-11-12(2)15(19-18-14(11)16)17-9-6-10-20-13-7-4-3-5-8-13/h3-5,7-8H,6,9-10H2,1-2H3,(H,17,19). The minimum absolute atomic E-state index is 0.459. The largest absolute Gasteiger partial charge is 0.494 e. The molecule has 106 valence electrons. The first-order valence-corrected chi connectivity index (χ1v) is 6.97. The summed E-state index contributed by atoms with van der Waals surface area (Å²) in [6.07, 6.45) is 0.887. The first-order valence-electron chi connectivity index (χ1n) is 6.59. The molecule has 0 radical (unpaired) electrons. The topological polar surface area (TPSA) is 47.0 Å². The van der Waals surface area contributed by atoms with Crippen LogP contribution in [0.25, 0.3) is 0 Å². The molecule has 1 heterocycles. The number of nitrogens with one attached hydrogen (secondary N) is 1. The minimum Gasteiger partial charge on any atom is -0.494 e. The van der Waals surface area contributed by atoms with E-state index in [2.05, 4.69) is 15.5 Å². The molecule has 1 aromatic carbocycles. The van der Waals surface area contributed by atoms with E-state index in [1.165, 1.54) is 0 Å². The molecule has 0 fully saturated rings. The van der Waals surface area contributed by atoms with Gasteiger partial charge in [0.15, 0.2) is 11.0 Å². The Morgan fingerprint density at radius 1 is 1.10 bits per heavy atom. The molecular weight excluding hydrogens is 274 g/mol. The second-order valence-electron chi connectivity index (χ2n) is 4.53. The summed E-state index contributed by atoms with van der Waals surface area (Å²) >= 11 is 5.92. The average Bonchev–Trinajstić information content (AvgIpc) is 2.48. The molecule has 0 spiro atoms. The molecule has 20 heavy (non-hydrogen) atoms. The monoisotopic (exact) mass is 291 g/mol. The molecule has 0 amide bonds. The van der Waals surface area contributed by atoms with Crippen LogP contribution >= 0.6 is 11.6 Å². The Bertz CT molecular complexity index is 561. The minimum atomic E-state index is 0.459. The maximum atomic E-state index is 5.92. The van der Waals surface area contributed by atoms with Crippen molar-refractivity contribution in [1.82, 2.24) is 10.2 Å². The summed E-state index contributed by atoms with van der Waals surface area (Å²) in [5.41, 5.74) is 2.00. The third kappa shape index (κ3) is 3.84. The fraction of sp³-hybridized carbons (Fsp3) is 0.333. The summed E-state index contributed by atoms with van der Waals surface area (Å²) in [5, 5.41) is 11.7. The van der Waals surface area contributed by atoms with Crippen LogP contribution < -0.4 is 10.1 Å². The van der Waals surface area contributed by atoms with Gasteiger partial charge in [-0.25, -0.2) is 0 Å². The Hall–Kier alpha value is -1.81. The number of hydrogen-bond acceptors (Lipinski definition) is 4. The van der Waals surface area contributed by atoms with Crippen LogP contribution in [0.15, 0.2) is 30.3 Å². The van der Waals surface area contributed by atoms with Gasteiger partial charge in [-0.15, -0.1) is 10.2 Å². The first-order chi connectivity index (χ1) is 9.68. The van der Waals surface area contributed by atoms with Gasteiger partial charge in [-0.05, 0) is 43.5 Å². The highest BCUT2D eigenvalue weighted by atomic mass is 35.5. The van der Waals surface area contributed by atoms with Gasteiger partial charge in [0, 0.05) is 6.54 Å². The zero-order chi connectivity index (χ0) is 14.4. The van der Waals surface area contributed by atoms with E-state index in [1.54, 1.807) is 0 Å². The maximum absolute atomic E-state index is 5.92. The Balaban J connectivity index is 1.75. The summed E-state index contributed by atoms with van der Waals surface area (Å²) in [6, 6.07) is 9.79. The van der Waals surface area contributed by atoms with E-state index in [9.17, 15) is 0 Å². The van der Waals surface area contributed by atoms with Gasteiger partial charge in [0.25, 0.3) is 0 Å². The van der Waals surface area contributed by atoms with E-state index >= 15 is 0 Å². The number of nitrogens with zero attached hydrogens (tertiary/aromatic N) is 2. The third-order valence-corrected chi connectivity index (χ3v) is 3.45. The van der Waals surface area contributed by atoms with Crippen molar-refractivity contribution in [2.45, 2.75) is 20.3 Å². The van der Waals surface area contributed by atoms with Gasteiger partial charge in [0.05, 0.1) is 6.61 Å². The maximum Gasteiger partial charge on any atom is 0.155 e. The lowest BCUT2D eigenvalue weighted by Gasteiger charge is -2.10. The molecule has 1 aromatic heterocycles. The predicted molar refractivity (Wildman–Crippen MR) is 81.6 cm³/mol. The van der Waals surface area contributed by atoms with Crippen molar-refractivity contribution < 1.29 is 4.74 Å². The van der Waals surface area contributed by atoms with Crippen molar-refractivity contribution >= 4 is 17.4 Å². The fourth-order valence-electron chi connectivity index (χ4n) is 1.73. The molecule has 4 nitrogen and oxygen atoms in total. The molecule has 0 aliphatic heterocycles. The summed E-state index contributed by atoms with van der Waals surface area (Å²) in [6.45, 7) is 5.37. The van der Waals surface area contributed by atoms with Crippen LogP contribution in [0.3, 0.4) is 0 Å². The normalized spacial score (nSPS) is 10.3. The lowest BCUT2D eigenvalue weighted by molar-refractivity contribution is 0.315. The SMILES string of the molecule is Cc1c(Cl)nnc(NCCCOc2ccccc2)c1C. The highest BCUT2D eigenvalue weighted by Gasteiger charge is 2.07. The predicted octanol–water partition coefficient (Wildman–Crippen LogP) is 3.63. The Morgan fingerprint density at radius 3 is 2.60 bits per heavy atom. The zero-order valence-corrected chi connectivity index (χ0v) is 12.4. The van der Waals surface area contributed by atoms with Gasteiger partial charge in [0.2, 0.25) is 0 Å². The van der Waals surface area contributed by atoms with Gasteiger partial charge in [-0.2, -0.15) is 0 Å². The molecule has 0 unspecified atom stereocenters. The summed E-state index contributed by atoms with van der Waals surface area (Å²) < 4.78 is 5.62.